The van der Waals surface area contributed by atoms with Crippen LogP contribution in [0.5, 0.6) is 11.5 Å². The monoisotopic (exact) mass is 299 g/mol. The van der Waals surface area contributed by atoms with Crippen LogP contribution in [0.15, 0.2) is 46.6 Å². The van der Waals surface area contributed by atoms with E-state index in [1.807, 2.05) is 62.3 Å². The third kappa shape index (κ3) is 4.05. The highest BCUT2D eigenvalue weighted by molar-refractivity contribution is 5.52. The van der Waals surface area contributed by atoms with Crippen molar-refractivity contribution in [2.24, 2.45) is 10.2 Å². The van der Waals surface area contributed by atoms with E-state index < -0.39 is 0 Å². The molecule has 1 N–H and O–H groups in total. The third-order valence-corrected chi connectivity index (χ3v) is 3.20. The van der Waals surface area contributed by atoms with E-state index in [1.165, 1.54) is 0 Å². The Hall–Kier alpha value is -2.40. The molecular weight excluding hydrogens is 278 g/mol. The van der Waals surface area contributed by atoms with Crippen LogP contribution in [0.2, 0.25) is 0 Å². The van der Waals surface area contributed by atoms with Crippen molar-refractivity contribution >= 4 is 11.4 Å². The summed E-state index contributed by atoms with van der Waals surface area (Å²) in [4.78, 5) is 2.00. The van der Waals surface area contributed by atoms with Crippen LogP contribution in [-0.4, -0.2) is 31.2 Å². The number of aromatic hydroxyl groups is 1. The second-order valence-corrected chi connectivity index (χ2v) is 5.41. The van der Waals surface area contributed by atoms with Gasteiger partial charge in [0, 0.05) is 12.1 Å². The summed E-state index contributed by atoms with van der Waals surface area (Å²) in [6.45, 7) is 2.51. The summed E-state index contributed by atoms with van der Waals surface area (Å²) in [5, 5.41) is 18.6. The molecule has 0 aliphatic carbocycles. The first kappa shape index (κ1) is 16.0. The lowest BCUT2D eigenvalue weighted by atomic mass is 10.1. The minimum atomic E-state index is 0.317. The largest absolute Gasteiger partial charge is 0.507 e. The Bertz CT molecular complexity index is 664. The number of azo groups is 1. The van der Waals surface area contributed by atoms with Gasteiger partial charge in [-0.05, 0) is 63.0 Å². The highest BCUT2D eigenvalue weighted by atomic mass is 16.5. The number of nitrogens with zero attached hydrogens (tertiary/aromatic N) is 3. The van der Waals surface area contributed by atoms with Crippen LogP contribution >= 0.6 is 0 Å². The Morgan fingerprint density at radius 2 is 1.68 bits per heavy atom. The summed E-state index contributed by atoms with van der Waals surface area (Å²) in [5.41, 5.74) is 3.11. The lowest BCUT2D eigenvalue weighted by molar-refractivity contribution is 0.385. The van der Waals surface area contributed by atoms with Gasteiger partial charge in [-0.15, -0.1) is 0 Å². The zero-order chi connectivity index (χ0) is 16.1. The lowest BCUT2D eigenvalue weighted by Crippen LogP contribution is -2.10. The summed E-state index contributed by atoms with van der Waals surface area (Å²) >= 11 is 0. The molecule has 0 unspecified atom stereocenters. The number of phenols is 1. The van der Waals surface area contributed by atoms with Gasteiger partial charge in [-0.3, -0.25) is 0 Å². The van der Waals surface area contributed by atoms with Gasteiger partial charge in [0.05, 0.1) is 18.5 Å². The van der Waals surface area contributed by atoms with Crippen LogP contribution in [0, 0.1) is 6.92 Å². The van der Waals surface area contributed by atoms with Gasteiger partial charge in [0.1, 0.15) is 11.5 Å². The number of hydrogen-bond donors (Lipinski definition) is 1. The SMILES string of the molecule is COc1ccc(N=Nc2cc(C)c(O)c(CN(C)C)c2)cc1. The van der Waals surface area contributed by atoms with E-state index in [4.69, 9.17) is 4.74 Å². The van der Waals surface area contributed by atoms with E-state index in [0.717, 1.165) is 28.3 Å². The molecule has 2 rings (SSSR count). The molecule has 0 heterocycles. The first-order valence-corrected chi connectivity index (χ1v) is 7.02. The average molecular weight is 299 g/mol. The number of aryl methyl sites for hydroxylation is 1. The maximum Gasteiger partial charge on any atom is 0.123 e. The maximum absolute atomic E-state index is 10.1. The molecule has 0 saturated carbocycles. The molecule has 116 valence electrons. The number of rotatable bonds is 5. The number of hydrogen-bond acceptors (Lipinski definition) is 5. The third-order valence-electron chi connectivity index (χ3n) is 3.20. The summed E-state index contributed by atoms with van der Waals surface area (Å²) < 4.78 is 5.11. The van der Waals surface area contributed by atoms with Gasteiger partial charge < -0.3 is 14.7 Å². The molecule has 5 heteroatoms. The summed E-state index contributed by atoms with van der Waals surface area (Å²) in [7, 11) is 5.54. The maximum atomic E-state index is 10.1. The van der Waals surface area contributed by atoms with Crippen LogP contribution in [0.4, 0.5) is 11.4 Å². The smallest absolute Gasteiger partial charge is 0.123 e. The van der Waals surface area contributed by atoms with Crippen LogP contribution in [0.3, 0.4) is 0 Å². The minimum absolute atomic E-state index is 0.317. The highest BCUT2D eigenvalue weighted by Gasteiger charge is 2.08. The van der Waals surface area contributed by atoms with Gasteiger partial charge in [-0.25, -0.2) is 0 Å². The van der Waals surface area contributed by atoms with E-state index in [-0.39, 0.29) is 0 Å². The standard InChI is InChI=1S/C17H21N3O2/c1-12-9-15(10-13(17(12)21)11-20(2)3)19-18-14-5-7-16(22-4)8-6-14/h5-10,21H,11H2,1-4H3. The molecule has 0 aliphatic rings. The highest BCUT2D eigenvalue weighted by Crippen LogP contribution is 2.30. The molecular formula is C17H21N3O2. The second-order valence-electron chi connectivity index (χ2n) is 5.41. The van der Waals surface area contributed by atoms with Crippen molar-refractivity contribution in [2.45, 2.75) is 13.5 Å². The number of methoxy groups -OCH3 is 1. The van der Waals surface area contributed by atoms with Crippen molar-refractivity contribution < 1.29 is 9.84 Å². The van der Waals surface area contributed by atoms with Gasteiger partial charge in [0.25, 0.3) is 0 Å². The van der Waals surface area contributed by atoms with E-state index in [1.54, 1.807) is 7.11 Å². The molecule has 0 spiro atoms. The van der Waals surface area contributed by atoms with E-state index >= 15 is 0 Å². The van der Waals surface area contributed by atoms with E-state index in [0.29, 0.717) is 12.3 Å². The summed E-state index contributed by atoms with van der Waals surface area (Å²) in [5.74, 6) is 1.10. The number of benzene rings is 2. The Morgan fingerprint density at radius 1 is 1.05 bits per heavy atom. The predicted molar refractivity (Wildman–Crippen MR) is 87.4 cm³/mol. The molecule has 0 fully saturated rings. The Labute approximate surface area is 130 Å². The molecule has 0 amide bonds. The molecule has 0 atom stereocenters. The average Bonchev–Trinajstić information content (AvgIpc) is 2.50. The quantitative estimate of drug-likeness (QED) is 0.842. The summed E-state index contributed by atoms with van der Waals surface area (Å²) in [6, 6.07) is 11.0. The van der Waals surface area contributed by atoms with Crippen LogP contribution in [-0.2, 0) is 6.54 Å². The second kappa shape index (κ2) is 7.04. The Balaban J connectivity index is 2.24. The molecule has 0 saturated heterocycles. The molecule has 0 radical (unpaired) electrons. The van der Waals surface area contributed by atoms with Gasteiger partial charge in [0.15, 0.2) is 0 Å². The van der Waals surface area contributed by atoms with Crippen LogP contribution in [0.25, 0.3) is 0 Å². The summed E-state index contributed by atoms with van der Waals surface area (Å²) in [6.07, 6.45) is 0. The van der Waals surface area contributed by atoms with Gasteiger partial charge in [-0.1, -0.05) is 0 Å². The molecule has 0 bridgehead atoms. The topological polar surface area (TPSA) is 57.4 Å². The van der Waals surface area contributed by atoms with Crippen molar-refractivity contribution in [1.29, 1.82) is 0 Å². The molecule has 5 nitrogen and oxygen atoms in total. The Kier molecular flexibility index (Phi) is 5.12. The zero-order valence-corrected chi connectivity index (χ0v) is 13.4. The molecule has 0 aliphatic heterocycles. The Morgan fingerprint density at radius 3 is 2.27 bits per heavy atom. The predicted octanol–water partition coefficient (Wildman–Crippen LogP) is 4.19. The normalized spacial score (nSPS) is 11.3. The lowest BCUT2D eigenvalue weighted by Gasteiger charge is -2.13. The zero-order valence-electron chi connectivity index (χ0n) is 13.4. The molecule has 2 aromatic carbocycles. The van der Waals surface area contributed by atoms with Crippen LogP contribution in [0.1, 0.15) is 11.1 Å². The fourth-order valence-corrected chi connectivity index (χ4v) is 2.12. The molecule has 2 aromatic rings. The van der Waals surface area contributed by atoms with Crippen molar-refractivity contribution in [1.82, 2.24) is 4.90 Å². The van der Waals surface area contributed by atoms with Crippen molar-refractivity contribution in [2.75, 3.05) is 21.2 Å². The van der Waals surface area contributed by atoms with Gasteiger partial charge in [0.2, 0.25) is 0 Å². The van der Waals surface area contributed by atoms with Crippen LogP contribution < -0.4 is 4.74 Å². The minimum Gasteiger partial charge on any atom is -0.507 e. The van der Waals surface area contributed by atoms with Gasteiger partial charge in [-0.2, -0.15) is 10.2 Å². The first-order chi connectivity index (χ1) is 10.5. The van der Waals surface area contributed by atoms with Crippen molar-refractivity contribution in [3.05, 3.63) is 47.5 Å². The van der Waals surface area contributed by atoms with E-state index in [2.05, 4.69) is 10.2 Å². The first-order valence-electron chi connectivity index (χ1n) is 7.02. The van der Waals surface area contributed by atoms with Crippen molar-refractivity contribution in [3.63, 3.8) is 0 Å². The number of ether oxygens (including phenoxy) is 1. The van der Waals surface area contributed by atoms with Gasteiger partial charge >= 0.3 is 0 Å². The molecule has 0 aromatic heterocycles. The fourth-order valence-electron chi connectivity index (χ4n) is 2.12. The van der Waals surface area contributed by atoms with Crippen molar-refractivity contribution in [3.8, 4) is 11.5 Å². The van der Waals surface area contributed by atoms with E-state index in [9.17, 15) is 5.11 Å². The molecule has 22 heavy (non-hydrogen) atoms. The fraction of sp³-hybridized carbons (Fsp3) is 0.294. The number of phenolic OH excluding ortho intramolecular Hbond substituents is 1.